The van der Waals surface area contributed by atoms with Crippen LogP contribution in [0.4, 0.5) is 0 Å². The van der Waals surface area contributed by atoms with Crippen LogP contribution in [0, 0.1) is 5.92 Å². The molecule has 0 aromatic heterocycles. The minimum absolute atomic E-state index is 0.133. The Morgan fingerprint density at radius 3 is 2.50 bits per heavy atom. The Balaban J connectivity index is 2.79. The van der Waals surface area contributed by atoms with Gasteiger partial charge in [-0.25, -0.2) is 0 Å². The zero-order valence-electron chi connectivity index (χ0n) is 12.5. The predicted octanol–water partition coefficient (Wildman–Crippen LogP) is 2.29. The monoisotopic (exact) mass is 281 g/mol. The number of nitrogens with two attached hydrogens (primary N) is 1. The lowest BCUT2D eigenvalue weighted by molar-refractivity contribution is -0.141. The molecular weight excluding hydrogens is 258 g/mol. The lowest BCUT2D eigenvalue weighted by Crippen LogP contribution is -2.17. The second-order valence-corrected chi connectivity index (χ2v) is 4.84. The molecule has 2 atom stereocenters. The van der Waals surface area contributed by atoms with E-state index in [2.05, 4.69) is 4.74 Å². The van der Waals surface area contributed by atoms with E-state index >= 15 is 0 Å². The lowest BCUT2D eigenvalue weighted by atomic mass is 9.93. The highest BCUT2D eigenvalue weighted by atomic mass is 16.5. The highest BCUT2D eigenvalue weighted by Gasteiger charge is 2.18. The van der Waals surface area contributed by atoms with Gasteiger partial charge in [-0.3, -0.25) is 4.79 Å². The van der Waals surface area contributed by atoms with Crippen molar-refractivity contribution >= 4 is 5.97 Å². The number of benzene rings is 1. The quantitative estimate of drug-likeness (QED) is 0.776. The largest absolute Gasteiger partial charge is 0.497 e. The van der Waals surface area contributed by atoms with Gasteiger partial charge in [-0.1, -0.05) is 6.92 Å². The number of carbonyl (C=O) groups excluding carboxylic acids is 1. The highest BCUT2D eigenvalue weighted by Crippen LogP contribution is 2.31. The number of rotatable bonds is 7. The van der Waals surface area contributed by atoms with E-state index in [9.17, 15) is 4.79 Å². The van der Waals surface area contributed by atoms with Gasteiger partial charge < -0.3 is 19.9 Å². The van der Waals surface area contributed by atoms with Crippen LogP contribution in [-0.2, 0) is 9.53 Å². The maximum Gasteiger partial charge on any atom is 0.305 e. The Bertz CT molecular complexity index is 447. The molecule has 5 nitrogen and oxygen atoms in total. The number of methoxy groups -OCH3 is 3. The normalized spacial score (nSPS) is 13.4. The second-order valence-electron chi connectivity index (χ2n) is 4.84. The molecule has 0 spiro atoms. The maximum atomic E-state index is 11.3. The van der Waals surface area contributed by atoms with E-state index in [1.807, 2.05) is 25.1 Å². The van der Waals surface area contributed by atoms with Crippen LogP contribution in [0.1, 0.15) is 31.4 Å². The van der Waals surface area contributed by atoms with Crippen molar-refractivity contribution in [2.24, 2.45) is 11.7 Å². The van der Waals surface area contributed by atoms with E-state index in [4.69, 9.17) is 15.2 Å². The van der Waals surface area contributed by atoms with Gasteiger partial charge in [0.15, 0.2) is 0 Å². The van der Waals surface area contributed by atoms with Gasteiger partial charge in [-0.05, 0) is 30.5 Å². The molecule has 1 aromatic rings. The topological polar surface area (TPSA) is 70.8 Å². The van der Waals surface area contributed by atoms with Crippen molar-refractivity contribution in [2.75, 3.05) is 21.3 Å². The Labute approximate surface area is 120 Å². The second kappa shape index (κ2) is 7.75. The van der Waals surface area contributed by atoms with E-state index in [0.29, 0.717) is 12.8 Å². The molecule has 2 unspecified atom stereocenters. The smallest absolute Gasteiger partial charge is 0.305 e. The standard InChI is InChI=1S/C15H23NO4/c1-10(8-15(17)20-4)7-13(16)12-9-11(18-2)5-6-14(12)19-3/h5-6,9-10,13H,7-8,16H2,1-4H3. The van der Waals surface area contributed by atoms with Crippen LogP contribution in [0.5, 0.6) is 11.5 Å². The molecule has 0 aliphatic carbocycles. The Hall–Kier alpha value is -1.75. The molecular formula is C15H23NO4. The molecule has 1 rings (SSSR count). The van der Waals surface area contributed by atoms with Crippen LogP contribution in [-0.4, -0.2) is 27.3 Å². The van der Waals surface area contributed by atoms with Gasteiger partial charge in [0.1, 0.15) is 11.5 Å². The van der Waals surface area contributed by atoms with Crippen molar-refractivity contribution in [1.82, 2.24) is 0 Å². The third-order valence-corrected chi connectivity index (χ3v) is 3.24. The van der Waals surface area contributed by atoms with E-state index in [1.165, 1.54) is 7.11 Å². The molecule has 20 heavy (non-hydrogen) atoms. The van der Waals surface area contributed by atoms with Gasteiger partial charge in [0.25, 0.3) is 0 Å². The molecule has 0 saturated heterocycles. The summed E-state index contributed by atoms with van der Waals surface area (Å²) in [6.45, 7) is 1.98. The molecule has 1 aromatic carbocycles. The van der Waals surface area contributed by atoms with Crippen LogP contribution in [0.2, 0.25) is 0 Å². The number of esters is 1. The Morgan fingerprint density at radius 2 is 1.95 bits per heavy atom. The van der Waals surface area contributed by atoms with Gasteiger partial charge in [-0.15, -0.1) is 0 Å². The molecule has 2 N–H and O–H groups in total. The van der Waals surface area contributed by atoms with E-state index in [-0.39, 0.29) is 17.9 Å². The Morgan fingerprint density at radius 1 is 1.25 bits per heavy atom. The third kappa shape index (κ3) is 4.42. The summed E-state index contributed by atoms with van der Waals surface area (Å²) in [6, 6.07) is 5.31. The minimum atomic E-state index is -0.222. The summed E-state index contributed by atoms with van der Waals surface area (Å²) < 4.78 is 15.2. The van der Waals surface area contributed by atoms with Crippen molar-refractivity contribution < 1.29 is 19.0 Å². The summed E-state index contributed by atoms with van der Waals surface area (Å²) in [5.74, 6) is 1.37. The average molecular weight is 281 g/mol. The van der Waals surface area contributed by atoms with Crippen LogP contribution < -0.4 is 15.2 Å². The summed E-state index contributed by atoms with van der Waals surface area (Å²) in [6.07, 6.45) is 1.02. The first kappa shape index (κ1) is 16.3. The molecule has 0 fully saturated rings. The van der Waals surface area contributed by atoms with Gasteiger partial charge in [0.2, 0.25) is 0 Å². The molecule has 5 heteroatoms. The summed E-state index contributed by atoms with van der Waals surface area (Å²) >= 11 is 0. The predicted molar refractivity (Wildman–Crippen MR) is 76.9 cm³/mol. The fourth-order valence-electron chi connectivity index (χ4n) is 2.14. The van der Waals surface area contributed by atoms with Crippen molar-refractivity contribution in [3.8, 4) is 11.5 Å². The first-order valence-electron chi connectivity index (χ1n) is 6.56. The van der Waals surface area contributed by atoms with Crippen molar-refractivity contribution in [1.29, 1.82) is 0 Å². The van der Waals surface area contributed by atoms with Gasteiger partial charge in [0.05, 0.1) is 21.3 Å². The van der Waals surface area contributed by atoms with Crippen LogP contribution >= 0.6 is 0 Å². The van der Waals surface area contributed by atoms with Crippen molar-refractivity contribution in [3.63, 3.8) is 0 Å². The van der Waals surface area contributed by atoms with Gasteiger partial charge >= 0.3 is 5.97 Å². The SMILES string of the molecule is COC(=O)CC(C)CC(N)c1cc(OC)ccc1OC. The highest BCUT2D eigenvalue weighted by molar-refractivity contribution is 5.69. The first-order valence-corrected chi connectivity index (χ1v) is 6.56. The molecule has 0 aliphatic heterocycles. The molecule has 0 amide bonds. The number of ether oxygens (including phenoxy) is 3. The number of hydrogen-bond acceptors (Lipinski definition) is 5. The summed E-state index contributed by atoms with van der Waals surface area (Å²) in [4.78, 5) is 11.3. The zero-order valence-corrected chi connectivity index (χ0v) is 12.5. The fraction of sp³-hybridized carbons (Fsp3) is 0.533. The minimum Gasteiger partial charge on any atom is -0.497 e. The fourth-order valence-corrected chi connectivity index (χ4v) is 2.14. The third-order valence-electron chi connectivity index (χ3n) is 3.24. The molecule has 0 saturated carbocycles. The molecule has 0 aliphatic rings. The number of carbonyl (C=O) groups is 1. The Kier molecular flexibility index (Phi) is 6.31. The van der Waals surface area contributed by atoms with Crippen LogP contribution in [0.15, 0.2) is 18.2 Å². The van der Waals surface area contributed by atoms with Gasteiger partial charge in [-0.2, -0.15) is 0 Å². The lowest BCUT2D eigenvalue weighted by Gasteiger charge is -2.19. The van der Waals surface area contributed by atoms with Crippen LogP contribution in [0.25, 0.3) is 0 Å². The average Bonchev–Trinajstić information content (AvgIpc) is 2.45. The number of hydrogen-bond donors (Lipinski definition) is 1. The van der Waals surface area contributed by atoms with E-state index in [0.717, 1.165) is 17.1 Å². The molecule has 0 heterocycles. The molecule has 112 valence electrons. The summed E-state index contributed by atoms with van der Waals surface area (Å²) in [7, 11) is 4.60. The molecule has 0 bridgehead atoms. The summed E-state index contributed by atoms with van der Waals surface area (Å²) in [5, 5.41) is 0. The van der Waals surface area contributed by atoms with E-state index in [1.54, 1.807) is 14.2 Å². The van der Waals surface area contributed by atoms with Crippen molar-refractivity contribution in [2.45, 2.75) is 25.8 Å². The van der Waals surface area contributed by atoms with Gasteiger partial charge in [0, 0.05) is 18.0 Å². The van der Waals surface area contributed by atoms with E-state index < -0.39 is 0 Å². The summed E-state index contributed by atoms with van der Waals surface area (Å²) in [5.41, 5.74) is 7.10. The zero-order chi connectivity index (χ0) is 15.1. The molecule has 0 radical (unpaired) electrons. The van der Waals surface area contributed by atoms with Crippen LogP contribution in [0.3, 0.4) is 0 Å². The maximum absolute atomic E-state index is 11.3. The first-order chi connectivity index (χ1) is 9.51. The van der Waals surface area contributed by atoms with Crippen molar-refractivity contribution in [3.05, 3.63) is 23.8 Å².